The van der Waals surface area contributed by atoms with Crippen molar-refractivity contribution >= 4 is 11.6 Å². The number of rotatable bonds is 4. The van der Waals surface area contributed by atoms with Gasteiger partial charge in [-0.25, -0.2) is 9.97 Å². The first-order chi connectivity index (χ1) is 6.97. The van der Waals surface area contributed by atoms with Crippen LogP contribution in [0, 0.1) is 5.92 Å². The van der Waals surface area contributed by atoms with Crippen LogP contribution < -0.4 is 0 Å². The standard InChI is InChI=1S/C11H18ClN3/c1-8(2)5-9-6-10(12)14-11(13-9)7-15(3)4/h6,8H,5,7H2,1-4H3. The fourth-order valence-corrected chi connectivity index (χ4v) is 1.62. The van der Waals surface area contributed by atoms with E-state index < -0.39 is 0 Å². The molecule has 3 nitrogen and oxygen atoms in total. The van der Waals surface area contributed by atoms with Gasteiger partial charge in [0.05, 0.1) is 6.54 Å². The highest BCUT2D eigenvalue weighted by atomic mass is 35.5. The van der Waals surface area contributed by atoms with E-state index in [-0.39, 0.29) is 0 Å². The van der Waals surface area contributed by atoms with Gasteiger partial charge < -0.3 is 4.90 Å². The minimum atomic E-state index is 0.539. The van der Waals surface area contributed by atoms with Crippen molar-refractivity contribution in [1.29, 1.82) is 0 Å². The van der Waals surface area contributed by atoms with Crippen LogP contribution in [0.3, 0.4) is 0 Å². The van der Waals surface area contributed by atoms with Gasteiger partial charge in [0.25, 0.3) is 0 Å². The van der Waals surface area contributed by atoms with Gasteiger partial charge in [-0.05, 0) is 32.5 Å². The first-order valence-corrected chi connectivity index (χ1v) is 5.52. The monoisotopic (exact) mass is 227 g/mol. The van der Waals surface area contributed by atoms with E-state index in [4.69, 9.17) is 11.6 Å². The summed E-state index contributed by atoms with van der Waals surface area (Å²) in [4.78, 5) is 10.7. The van der Waals surface area contributed by atoms with E-state index in [0.29, 0.717) is 11.1 Å². The van der Waals surface area contributed by atoms with E-state index in [0.717, 1.165) is 24.5 Å². The average molecular weight is 228 g/mol. The van der Waals surface area contributed by atoms with Gasteiger partial charge >= 0.3 is 0 Å². The minimum absolute atomic E-state index is 0.539. The lowest BCUT2D eigenvalue weighted by Crippen LogP contribution is -2.14. The summed E-state index contributed by atoms with van der Waals surface area (Å²) in [7, 11) is 3.98. The molecule has 0 spiro atoms. The van der Waals surface area contributed by atoms with Gasteiger partial charge in [-0.2, -0.15) is 0 Å². The van der Waals surface area contributed by atoms with Crippen LogP contribution in [0.2, 0.25) is 5.15 Å². The Bertz CT molecular complexity index is 295. The quantitative estimate of drug-likeness (QED) is 0.740. The van der Waals surface area contributed by atoms with Crippen LogP contribution in [-0.2, 0) is 13.0 Å². The van der Waals surface area contributed by atoms with Gasteiger partial charge in [-0.3, -0.25) is 0 Å². The molecule has 0 saturated carbocycles. The Hall–Kier alpha value is -0.670. The Labute approximate surface area is 96.5 Å². The molecule has 0 bridgehead atoms. The number of halogens is 1. The van der Waals surface area contributed by atoms with Gasteiger partial charge in [0.2, 0.25) is 0 Å². The fraction of sp³-hybridized carbons (Fsp3) is 0.636. The zero-order chi connectivity index (χ0) is 11.4. The lowest BCUT2D eigenvalue weighted by Gasteiger charge is -2.10. The Morgan fingerprint density at radius 2 is 2.00 bits per heavy atom. The Kier molecular flexibility index (Phi) is 4.48. The van der Waals surface area contributed by atoms with Crippen LogP contribution in [0.5, 0.6) is 0 Å². The van der Waals surface area contributed by atoms with Gasteiger partial charge in [0.1, 0.15) is 11.0 Å². The average Bonchev–Trinajstić information content (AvgIpc) is 1.98. The van der Waals surface area contributed by atoms with Crippen molar-refractivity contribution in [2.75, 3.05) is 14.1 Å². The second-order valence-electron chi connectivity index (χ2n) is 4.43. The maximum Gasteiger partial charge on any atom is 0.144 e. The van der Waals surface area contributed by atoms with E-state index in [1.54, 1.807) is 0 Å². The predicted octanol–water partition coefficient (Wildman–Crippen LogP) is 2.39. The summed E-state index contributed by atoms with van der Waals surface area (Å²) in [5.41, 5.74) is 1.03. The van der Waals surface area contributed by atoms with Crippen molar-refractivity contribution in [1.82, 2.24) is 14.9 Å². The first-order valence-electron chi connectivity index (χ1n) is 5.14. The SMILES string of the molecule is CC(C)Cc1cc(Cl)nc(CN(C)C)n1. The number of hydrogen-bond donors (Lipinski definition) is 0. The third-order valence-corrected chi connectivity index (χ3v) is 2.06. The highest BCUT2D eigenvalue weighted by molar-refractivity contribution is 6.29. The first kappa shape index (κ1) is 12.4. The smallest absolute Gasteiger partial charge is 0.144 e. The summed E-state index contributed by atoms with van der Waals surface area (Å²) in [6, 6.07) is 1.85. The molecular weight excluding hydrogens is 210 g/mol. The van der Waals surface area contributed by atoms with Crippen LogP contribution in [-0.4, -0.2) is 29.0 Å². The summed E-state index contributed by atoms with van der Waals surface area (Å²) in [5.74, 6) is 1.38. The molecule has 0 aliphatic carbocycles. The molecule has 0 saturated heterocycles. The van der Waals surface area contributed by atoms with Gasteiger partial charge in [-0.15, -0.1) is 0 Å². The molecule has 0 radical (unpaired) electrons. The van der Waals surface area contributed by atoms with Crippen LogP contribution in [0.25, 0.3) is 0 Å². The third kappa shape index (κ3) is 4.58. The zero-order valence-corrected chi connectivity index (χ0v) is 10.5. The summed E-state index contributed by atoms with van der Waals surface area (Å²) in [6.45, 7) is 5.06. The molecule has 1 rings (SSSR count). The molecule has 1 aromatic heterocycles. The van der Waals surface area contributed by atoms with E-state index >= 15 is 0 Å². The van der Waals surface area contributed by atoms with Gasteiger partial charge in [0.15, 0.2) is 0 Å². The molecule has 15 heavy (non-hydrogen) atoms. The molecule has 0 aliphatic heterocycles. The highest BCUT2D eigenvalue weighted by Gasteiger charge is 2.06. The molecule has 0 N–H and O–H groups in total. The normalized spacial score (nSPS) is 11.4. The van der Waals surface area contributed by atoms with Gasteiger partial charge in [0, 0.05) is 5.69 Å². The molecule has 1 aromatic rings. The maximum atomic E-state index is 5.95. The second kappa shape index (κ2) is 5.42. The van der Waals surface area contributed by atoms with Crippen molar-refractivity contribution in [3.05, 3.63) is 22.7 Å². The minimum Gasteiger partial charge on any atom is -0.302 e. The fourth-order valence-electron chi connectivity index (χ4n) is 1.39. The molecule has 84 valence electrons. The molecule has 0 unspecified atom stereocenters. The van der Waals surface area contributed by atoms with Crippen molar-refractivity contribution in [3.63, 3.8) is 0 Å². The third-order valence-electron chi connectivity index (χ3n) is 1.87. The topological polar surface area (TPSA) is 29.0 Å². The second-order valence-corrected chi connectivity index (χ2v) is 4.82. The Morgan fingerprint density at radius 3 is 2.53 bits per heavy atom. The molecule has 0 atom stereocenters. The number of nitrogens with zero attached hydrogens (tertiary/aromatic N) is 3. The van der Waals surface area contributed by atoms with Crippen molar-refractivity contribution < 1.29 is 0 Å². The maximum absolute atomic E-state index is 5.95. The van der Waals surface area contributed by atoms with Crippen LogP contribution in [0.15, 0.2) is 6.07 Å². The lowest BCUT2D eigenvalue weighted by molar-refractivity contribution is 0.389. The number of hydrogen-bond acceptors (Lipinski definition) is 3. The van der Waals surface area contributed by atoms with E-state index in [9.17, 15) is 0 Å². The van der Waals surface area contributed by atoms with E-state index in [1.165, 1.54) is 0 Å². The molecule has 0 aromatic carbocycles. The molecule has 0 amide bonds. The molecular formula is C11H18ClN3. The molecule has 0 aliphatic rings. The number of aromatic nitrogens is 2. The summed E-state index contributed by atoms with van der Waals surface area (Å²) < 4.78 is 0. The van der Waals surface area contributed by atoms with Crippen molar-refractivity contribution in [2.24, 2.45) is 5.92 Å². The summed E-state index contributed by atoms with van der Waals surface area (Å²) >= 11 is 5.95. The van der Waals surface area contributed by atoms with Crippen molar-refractivity contribution in [3.8, 4) is 0 Å². The molecule has 4 heteroatoms. The van der Waals surface area contributed by atoms with Crippen molar-refractivity contribution in [2.45, 2.75) is 26.8 Å². The lowest BCUT2D eigenvalue weighted by atomic mass is 10.1. The van der Waals surface area contributed by atoms with E-state index in [2.05, 4.69) is 23.8 Å². The van der Waals surface area contributed by atoms with E-state index in [1.807, 2.05) is 25.1 Å². The Balaban J connectivity index is 2.84. The van der Waals surface area contributed by atoms with Gasteiger partial charge in [-0.1, -0.05) is 25.4 Å². The zero-order valence-electron chi connectivity index (χ0n) is 9.79. The summed E-state index contributed by atoms with van der Waals surface area (Å²) in [6.07, 6.45) is 0.947. The van der Waals surface area contributed by atoms with Crippen LogP contribution >= 0.6 is 11.6 Å². The highest BCUT2D eigenvalue weighted by Crippen LogP contribution is 2.11. The predicted molar refractivity (Wildman–Crippen MR) is 63.0 cm³/mol. The largest absolute Gasteiger partial charge is 0.302 e. The van der Waals surface area contributed by atoms with Crippen LogP contribution in [0.1, 0.15) is 25.4 Å². The molecule has 0 fully saturated rings. The molecule has 1 heterocycles. The summed E-state index contributed by atoms with van der Waals surface area (Å²) in [5, 5.41) is 0.539. The van der Waals surface area contributed by atoms with Crippen LogP contribution in [0.4, 0.5) is 0 Å². The Morgan fingerprint density at radius 1 is 1.33 bits per heavy atom.